The smallest absolute Gasteiger partial charge is 0.305 e. The molecule has 0 aliphatic heterocycles. The summed E-state index contributed by atoms with van der Waals surface area (Å²) in [5.74, 6) is -0.234. The third kappa shape index (κ3) is 7.75. The van der Waals surface area contributed by atoms with Crippen molar-refractivity contribution >= 4 is 46.3 Å². The predicted molar refractivity (Wildman–Crippen MR) is 100 cm³/mol. The molecule has 0 heterocycles. The van der Waals surface area contributed by atoms with Crippen molar-refractivity contribution in [2.75, 3.05) is 19.0 Å². The molecule has 0 fully saturated rings. The molecule has 0 aromatic heterocycles. The van der Waals surface area contributed by atoms with Crippen molar-refractivity contribution in [3.8, 4) is 0 Å². The lowest BCUT2D eigenvalue weighted by molar-refractivity contribution is -0.140. The van der Waals surface area contributed by atoms with Gasteiger partial charge in [-0.1, -0.05) is 6.07 Å². The van der Waals surface area contributed by atoms with Crippen molar-refractivity contribution in [1.29, 1.82) is 0 Å². The van der Waals surface area contributed by atoms with Crippen molar-refractivity contribution in [2.45, 2.75) is 26.7 Å². The molecule has 6 nitrogen and oxygen atoms in total. The van der Waals surface area contributed by atoms with Gasteiger partial charge in [0.15, 0.2) is 10.2 Å². The highest BCUT2D eigenvalue weighted by atomic mass is 32.1. The molecule has 1 rings (SSSR count). The summed E-state index contributed by atoms with van der Waals surface area (Å²) in [6.45, 7) is 4.67. The summed E-state index contributed by atoms with van der Waals surface area (Å²) in [6.07, 6.45) is 0.992. The van der Waals surface area contributed by atoms with Crippen LogP contribution in [0, 0.1) is 13.8 Å². The van der Waals surface area contributed by atoms with Gasteiger partial charge < -0.3 is 15.4 Å². The van der Waals surface area contributed by atoms with E-state index >= 15 is 0 Å². The van der Waals surface area contributed by atoms with Gasteiger partial charge in [0.1, 0.15) is 0 Å². The SMILES string of the molecule is COC(=O)CCCNC(=S)NNC(=S)Nc1ccc(C)c(C)c1. The minimum Gasteiger partial charge on any atom is -0.469 e. The number of hydrogen-bond acceptors (Lipinski definition) is 4. The maximum absolute atomic E-state index is 11.0. The van der Waals surface area contributed by atoms with Gasteiger partial charge in [-0.2, -0.15) is 0 Å². The fraction of sp³-hybridized carbons (Fsp3) is 0.400. The molecule has 0 bridgehead atoms. The van der Waals surface area contributed by atoms with Gasteiger partial charge in [-0.3, -0.25) is 15.6 Å². The Kier molecular flexibility index (Phi) is 8.28. The molecule has 4 N–H and O–H groups in total. The number of hydrazine groups is 1. The fourth-order valence-electron chi connectivity index (χ4n) is 1.68. The van der Waals surface area contributed by atoms with Crippen molar-refractivity contribution in [3.05, 3.63) is 29.3 Å². The summed E-state index contributed by atoms with van der Waals surface area (Å²) in [5.41, 5.74) is 8.90. The average Bonchev–Trinajstić information content (AvgIpc) is 2.52. The van der Waals surface area contributed by atoms with Crippen LogP contribution >= 0.6 is 24.4 Å². The largest absolute Gasteiger partial charge is 0.469 e. The first-order valence-electron chi connectivity index (χ1n) is 7.17. The van der Waals surface area contributed by atoms with E-state index in [4.69, 9.17) is 24.4 Å². The monoisotopic (exact) mass is 354 g/mol. The first-order chi connectivity index (χ1) is 10.9. The molecule has 0 aliphatic carbocycles. The average molecular weight is 355 g/mol. The van der Waals surface area contributed by atoms with Crippen LogP contribution in [0.15, 0.2) is 18.2 Å². The lowest BCUT2D eigenvalue weighted by Crippen LogP contribution is -2.48. The number of benzene rings is 1. The van der Waals surface area contributed by atoms with E-state index in [2.05, 4.69) is 33.1 Å². The predicted octanol–water partition coefficient (Wildman–Crippen LogP) is 1.92. The van der Waals surface area contributed by atoms with E-state index in [1.54, 1.807) is 0 Å². The second-order valence-corrected chi connectivity index (χ2v) is 5.76. The van der Waals surface area contributed by atoms with Crippen molar-refractivity contribution in [1.82, 2.24) is 16.2 Å². The number of carbonyl (C=O) groups excluding carboxylic acids is 1. The van der Waals surface area contributed by atoms with E-state index in [0.717, 1.165) is 5.69 Å². The lowest BCUT2D eigenvalue weighted by atomic mass is 10.1. The quantitative estimate of drug-likeness (QED) is 0.277. The number of thiocarbonyl (C=S) groups is 2. The number of esters is 1. The number of hydrogen-bond donors (Lipinski definition) is 4. The highest BCUT2D eigenvalue weighted by Gasteiger charge is 2.02. The maximum Gasteiger partial charge on any atom is 0.305 e. The highest BCUT2D eigenvalue weighted by molar-refractivity contribution is 7.80. The molecule has 8 heteroatoms. The Morgan fingerprint density at radius 1 is 1.13 bits per heavy atom. The molecule has 126 valence electrons. The minimum absolute atomic E-state index is 0.234. The summed E-state index contributed by atoms with van der Waals surface area (Å²) in [6, 6.07) is 6.01. The number of anilines is 1. The molecule has 1 aromatic rings. The molecule has 0 radical (unpaired) electrons. The molecular formula is C15H22N4O2S2. The van der Waals surface area contributed by atoms with Crippen LogP contribution in [-0.4, -0.2) is 29.8 Å². The Morgan fingerprint density at radius 3 is 2.48 bits per heavy atom. The van der Waals surface area contributed by atoms with E-state index in [0.29, 0.717) is 29.6 Å². The van der Waals surface area contributed by atoms with E-state index in [1.807, 2.05) is 25.1 Å². The molecule has 0 atom stereocenters. The molecule has 0 spiro atoms. The van der Waals surface area contributed by atoms with Crippen molar-refractivity contribution in [2.24, 2.45) is 0 Å². The molecule has 0 saturated carbocycles. The Balaban J connectivity index is 2.23. The Hall–Kier alpha value is -1.93. The summed E-state index contributed by atoms with van der Waals surface area (Å²) in [7, 11) is 1.37. The minimum atomic E-state index is -0.234. The molecule has 1 aromatic carbocycles. The normalized spacial score (nSPS) is 9.70. The van der Waals surface area contributed by atoms with Gasteiger partial charge in [-0.05, 0) is 68.0 Å². The lowest BCUT2D eigenvalue weighted by Gasteiger charge is -2.14. The first-order valence-corrected chi connectivity index (χ1v) is 7.99. The van der Waals surface area contributed by atoms with Gasteiger partial charge in [0, 0.05) is 18.7 Å². The zero-order valence-electron chi connectivity index (χ0n) is 13.5. The molecule has 0 aliphatic rings. The summed E-state index contributed by atoms with van der Waals surface area (Å²) in [4.78, 5) is 11.0. The van der Waals surface area contributed by atoms with Crippen LogP contribution in [0.4, 0.5) is 5.69 Å². The molecular weight excluding hydrogens is 332 g/mol. The standard InChI is InChI=1S/C15H22N4O2S2/c1-10-6-7-12(9-11(10)2)17-15(23)19-18-14(22)16-8-4-5-13(20)21-3/h6-7,9H,4-5,8H2,1-3H3,(H2,16,18,22)(H2,17,19,23). The number of carbonyl (C=O) groups is 1. The third-order valence-electron chi connectivity index (χ3n) is 3.13. The number of rotatable bonds is 5. The van der Waals surface area contributed by atoms with E-state index in [-0.39, 0.29) is 5.97 Å². The summed E-state index contributed by atoms with van der Waals surface area (Å²) in [5, 5.41) is 6.84. The van der Waals surface area contributed by atoms with Gasteiger partial charge in [0.05, 0.1) is 7.11 Å². The van der Waals surface area contributed by atoms with Crippen molar-refractivity contribution < 1.29 is 9.53 Å². The van der Waals surface area contributed by atoms with Crippen LogP contribution in [0.2, 0.25) is 0 Å². The van der Waals surface area contributed by atoms with Crippen LogP contribution in [0.1, 0.15) is 24.0 Å². The maximum atomic E-state index is 11.0. The van der Waals surface area contributed by atoms with Crippen LogP contribution in [-0.2, 0) is 9.53 Å². The molecule has 0 unspecified atom stereocenters. The van der Waals surface area contributed by atoms with Crippen molar-refractivity contribution in [3.63, 3.8) is 0 Å². The summed E-state index contributed by atoms with van der Waals surface area (Å²) < 4.78 is 4.56. The molecule has 0 saturated heterocycles. The van der Waals surface area contributed by atoms with Gasteiger partial charge in [-0.15, -0.1) is 0 Å². The number of aryl methyl sites for hydroxylation is 2. The molecule has 0 amide bonds. The second kappa shape index (κ2) is 9.96. The van der Waals surface area contributed by atoms with E-state index in [9.17, 15) is 4.79 Å². The van der Waals surface area contributed by atoms with E-state index in [1.165, 1.54) is 18.2 Å². The topological polar surface area (TPSA) is 74.4 Å². The van der Waals surface area contributed by atoms with Crippen LogP contribution in [0.3, 0.4) is 0 Å². The van der Waals surface area contributed by atoms with Gasteiger partial charge in [0.2, 0.25) is 0 Å². The number of ether oxygens (including phenoxy) is 1. The Labute approximate surface area is 147 Å². The zero-order valence-corrected chi connectivity index (χ0v) is 15.1. The third-order valence-corrected chi connectivity index (χ3v) is 3.58. The van der Waals surface area contributed by atoms with E-state index < -0.39 is 0 Å². The molecule has 23 heavy (non-hydrogen) atoms. The summed E-state index contributed by atoms with van der Waals surface area (Å²) >= 11 is 10.3. The van der Waals surface area contributed by atoms with Gasteiger partial charge in [0.25, 0.3) is 0 Å². The van der Waals surface area contributed by atoms with Gasteiger partial charge in [-0.25, -0.2) is 0 Å². The number of nitrogens with one attached hydrogen (secondary N) is 4. The van der Waals surface area contributed by atoms with Crippen LogP contribution < -0.4 is 21.5 Å². The number of methoxy groups -OCH3 is 1. The fourth-order valence-corrected chi connectivity index (χ4v) is 2.00. The Bertz CT molecular complexity index is 579. The zero-order chi connectivity index (χ0) is 17.2. The first kappa shape index (κ1) is 19.1. The van der Waals surface area contributed by atoms with Crippen LogP contribution in [0.25, 0.3) is 0 Å². The highest BCUT2D eigenvalue weighted by Crippen LogP contribution is 2.13. The second-order valence-electron chi connectivity index (χ2n) is 4.94. The van der Waals surface area contributed by atoms with Crippen LogP contribution in [0.5, 0.6) is 0 Å². The van der Waals surface area contributed by atoms with Gasteiger partial charge >= 0.3 is 5.97 Å². The Morgan fingerprint density at radius 2 is 1.83 bits per heavy atom.